The molecule has 1 atom stereocenters. The van der Waals surface area contributed by atoms with Crippen LogP contribution in [0.5, 0.6) is 5.75 Å². The van der Waals surface area contributed by atoms with E-state index in [2.05, 4.69) is 10.4 Å². The molecule has 0 spiro atoms. The van der Waals surface area contributed by atoms with Crippen molar-refractivity contribution < 1.29 is 14.3 Å². The molecule has 3 amide bonds. The number of carbonyl (C=O) groups excluding carboxylic acids is 2. The topological polar surface area (TPSA) is 94.8 Å². The van der Waals surface area contributed by atoms with Crippen LogP contribution in [0.4, 0.5) is 4.79 Å². The van der Waals surface area contributed by atoms with E-state index >= 15 is 0 Å². The van der Waals surface area contributed by atoms with E-state index in [9.17, 15) is 9.59 Å². The summed E-state index contributed by atoms with van der Waals surface area (Å²) in [6, 6.07) is 17.1. The Morgan fingerprint density at radius 1 is 1.19 bits per heavy atom. The molecule has 0 radical (unpaired) electrons. The maximum Gasteiger partial charge on any atom is 0.346 e. The minimum absolute atomic E-state index is 0.0338. The molecular formula is C19H16N4O3. The van der Waals surface area contributed by atoms with E-state index in [-0.39, 0.29) is 6.61 Å². The van der Waals surface area contributed by atoms with E-state index in [0.717, 1.165) is 5.01 Å². The average molecular weight is 348 g/mol. The van der Waals surface area contributed by atoms with Gasteiger partial charge >= 0.3 is 6.03 Å². The Labute approximate surface area is 150 Å². The summed E-state index contributed by atoms with van der Waals surface area (Å²) in [5.41, 5.74) is 0.225. The van der Waals surface area contributed by atoms with Crippen LogP contribution >= 0.6 is 0 Å². The molecule has 0 aromatic heterocycles. The first-order chi connectivity index (χ1) is 12.5. The van der Waals surface area contributed by atoms with Crippen LogP contribution in [0.1, 0.15) is 18.1 Å². The van der Waals surface area contributed by atoms with Gasteiger partial charge in [-0.25, -0.2) is 4.79 Å². The molecule has 1 N–H and O–H groups in total. The second-order valence-corrected chi connectivity index (χ2v) is 5.80. The zero-order chi connectivity index (χ0) is 18.6. The Balaban J connectivity index is 1.76. The maximum atomic E-state index is 12.7. The number of hydrazone groups is 1. The Hall–Kier alpha value is -3.66. The second-order valence-electron chi connectivity index (χ2n) is 5.80. The molecule has 0 bridgehead atoms. The summed E-state index contributed by atoms with van der Waals surface area (Å²) in [7, 11) is 0. The van der Waals surface area contributed by atoms with Crippen molar-refractivity contribution in [3.8, 4) is 11.8 Å². The highest BCUT2D eigenvalue weighted by Gasteiger charge is 2.49. The van der Waals surface area contributed by atoms with E-state index in [4.69, 9.17) is 10.00 Å². The molecule has 0 aliphatic carbocycles. The van der Waals surface area contributed by atoms with Crippen molar-refractivity contribution in [2.75, 3.05) is 6.61 Å². The van der Waals surface area contributed by atoms with Gasteiger partial charge in [0.05, 0.1) is 6.21 Å². The molecule has 1 saturated heterocycles. The van der Waals surface area contributed by atoms with Gasteiger partial charge in [-0.3, -0.25) is 4.79 Å². The molecule has 3 rings (SSSR count). The van der Waals surface area contributed by atoms with Gasteiger partial charge in [-0.1, -0.05) is 30.3 Å². The maximum absolute atomic E-state index is 12.7. The summed E-state index contributed by atoms with van der Waals surface area (Å²) in [6.07, 6.45) is 1.42. The van der Waals surface area contributed by atoms with Crippen molar-refractivity contribution in [1.82, 2.24) is 10.3 Å². The molecule has 1 heterocycles. The number of benzene rings is 2. The van der Waals surface area contributed by atoms with Gasteiger partial charge in [0.15, 0.2) is 6.61 Å². The van der Waals surface area contributed by atoms with Gasteiger partial charge in [-0.05, 0) is 42.3 Å². The lowest BCUT2D eigenvalue weighted by Crippen LogP contribution is -2.40. The number of hydrogen-bond donors (Lipinski definition) is 1. The molecule has 7 heteroatoms. The van der Waals surface area contributed by atoms with Crippen molar-refractivity contribution in [2.45, 2.75) is 12.5 Å². The minimum Gasteiger partial charge on any atom is -0.479 e. The molecular weight excluding hydrogens is 332 g/mol. The zero-order valence-corrected chi connectivity index (χ0v) is 14.0. The fourth-order valence-electron chi connectivity index (χ4n) is 2.59. The first-order valence-electron chi connectivity index (χ1n) is 7.90. The van der Waals surface area contributed by atoms with Crippen LogP contribution in [-0.2, 0) is 10.3 Å². The number of amides is 3. The molecule has 26 heavy (non-hydrogen) atoms. The third-order valence-electron chi connectivity index (χ3n) is 4.03. The predicted octanol–water partition coefficient (Wildman–Crippen LogP) is 2.39. The molecule has 1 fully saturated rings. The number of rotatable bonds is 5. The van der Waals surface area contributed by atoms with Gasteiger partial charge < -0.3 is 10.1 Å². The van der Waals surface area contributed by atoms with Crippen LogP contribution in [0.3, 0.4) is 0 Å². The third-order valence-corrected chi connectivity index (χ3v) is 4.03. The molecule has 2 aromatic rings. The highest BCUT2D eigenvalue weighted by Crippen LogP contribution is 2.28. The summed E-state index contributed by atoms with van der Waals surface area (Å²) >= 11 is 0. The first-order valence-corrected chi connectivity index (χ1v) is 7.90. The third kappa shape index (κ3) is 3.26. The van der Waals surface area contributed by atoms with Crippen LogP contribution < -0.4 is 10.1 Å². The van der Waals surface area contributed by atoms with Gasteiger partial charge in [0.25, 0.3) is 5.91 Å². The van der Waals surface area contributed by atoms with Gasteiger partial charge in [0.2, 0.25) is 0 Å². The normalized spacial score (nSPS) is 19.5. The molecule has 0 saturated carbocycles. The Kier molecular flexibility index (Phi) is 4.67. The van der Waals surface area contributed by atoms with Gasteiger partial charge in [-0.15, -0.1) is 5.01 Å². The highest BCUT2D eigenvalue weighted by molar-refractivity contribution is 6.07. The van der Waals surface area contributed by atoms with Gasteiger partial charge in [0.1, 0.15) is 17.4 Å². The van der Waals surface area contributed by atoms with Crippen molar-refractivity contribution in [3.63, 3.8) is 0 Å². The number of hydrogen-bond acceptors (Lipinski definition) is 5. The summed E-state index contributed by atoms with van der Waals surface area (Å²) in [4.78, 5) is 24.9. The number of nitrogens with one attached hydrogen (secondary N) is 1. The number of urea groups is 1. The van der Waals surface area contributed by atoms with Crippen LogP contribution in [0.25, 0.3) is 0 Å². The quantitative estimate of drug-likeness (QED) is 0.663. The lowest BCUT2D eigenvalue weighted by molar-refractivity contribution is -0.131. The first kappa shape index (κ1) is 17.2. The number of nitrogens with zero attached hydrogens (tertiary/aromatic N) is 3. The fourth-order valence-corrected chi connectivity index (χ4v) is 2.59. The number of nitriles is 1. The molecule has 1 aliphatic heterocycles. The van der Waals surface area contributed by atoms with Gasteiger partial charge in [-0.2, -0.15) is 10.4 Å². The van der Waals surface area contributed by atoms with Crippen LogP contribution in [0.2, 0.25) is 0 Å². The summed E-state index contributed by atoms with van der Waals surface area (Å²) in [5.74, 6) is 0.106. The number of carbonyl (C=O) groups is 2. The van der Waals surface area contributed by atoms with E-state index in [1.165, 1.54) is 6.21 Å². The second kappa shape index (κ2) is 7.07. The highest BCUT2D eigenvalue weighted by atomic mass is 16.5. The summed E-state index contributed by atoms with van der Waals surface area (Å²) in [6.45, 7) is 1.62. The largest absolute Gasteiger partial charge is 0.479 e. The molecule has 2 aromatic carbocycles. The Bertz CT molecular complexity index is 887. The van der Waals surface area contributed by atoms with E-state index in [1.807, 2.05) is 24.3 Å². The number of imide groups is 1. The van der Waals surface area contributed by atoms with Crippen molar-refractivity contribution in [2.24, 2.45) is 5.10 Å². The lowest BCUT2D eigenvalue weighted by Gasteiger charge is -2.20. The van der Waals surface area contributed by atoms with Crippen molar-refractivity contribution in [1.29, 1.82) is 5.26 Å². The summed E-state index contributed by atoms with van der Waals surface area (Å²) < 4.78 is 5.16. The fraction of sp³-hybridized carbons (Fsp3) is 0.158. The summed E-state index contributed by atoms with van der Waals surface area (Å²) in [5, 5.41) is 16.0. The lowest BCUT2D eigenvalue weighted by atomic mass is 9.92. The monoisotopic (exact) mass is 348 g/mol. The predicted molar refractivity (Wildman–Crippen MR) is 94.3 cm³/mol. The minimum atomic E-state index is -1.15. The smallest absolute Gasteiger partial charge is 0.346 e. The Morgan fingerprint density at radius 3 is 2.54 bits per heavy atom. The zero-order valence-electron chi connectivity index (χ0n) is 14.0. The SMILES string of the molecule is C[C@]1(c2ccccc2)NC(=O)N(/N=C\c2ccc(OCC#N)cc2)C1=O. The van der Waals surface area contributed by atoms with E-state index in [1.54, 1.807) is 43.3 Å². The standard InChI is InChI=1S/C19H16N4O3/c1-19(15-5-3-2-4-6-15)17(24)23(18(25)22-19)21-13-14-7-9-16(10-8-14)26-12-11-20/h2-10,13H,12H2,1H3,(H,22,25)/b21-13-/t19-/m1/s1. The average Bonchev–Trinajstić information content (AvgIpc) is 2.89. The van der Waals surface area contributed by atoms with Crippen LogP contribution in [0, 0.1) is 11.3 Å². The van der Waals surface area contributed by atoms with E-state index < -0.39 is 17.5 Å². The van der Waals surface area contributed by atoms with Crippen molar-refractivity contribution >= 4 is 18.2 Å². The Morgan fingerprint density at radius 2 is 1.88 bits per heavy atom. The van der Waals surface area contributed by atoms with Crippen molar-refractivity contribution in [3.05, 3.63) is 65.7 Å². The molecule has 7 nitrogen and oxygen atoms in total. The van der Waals surface area contributed by atoms with Gasteiger partial charge in [0, 0.05) is 0 Å². The molecule has 130 valence electrons. The molecule has 1 aliphatic rings. The van der Waals surface area contributed by atoms with Crippen LogP contribution in [-0.4, -0.2) is 29.8 Å². The molecule has 0 unspecified atom stereocenters. The van der Waals surface area contributed by atoms with Crippen LogP contribution in [0.15, 0.2) is 59.7 Å². The van der Waals surface area contributed by atoms with E-state index in [0.29, 0.717) is 16.9 Å². The number of ether oxygens (including phenoxy) is 1.